The molecule has 0 amide bonds. The summed E-state index contributed by atoms with van der Waals surface area (Å²) >= 11 is 0. The summed E-state index contributed by atoms with van der Waals surface area (Å²) in [6.45, 7) is 2.27. The number of hydrogen-bond donors (Lipinski definition) is 1. The van der Waals surface area contributed by atoms with Crippen molar-refractivity contribution in [3.8, 4) is 0 Å². The second kappa shape index (κ2) is 19.7. The van der Waals surface area contributed by atoms with Gasteiger partial charge in [-0.2, -0.15) is 8.42 Å². The highest BCUT2D eigenvalue weighted by molar-refractivity contribution is 7.85. The number of unbranched alkanes of at least 4 members (excludes halogenated alkanes) is 14. The van der Waals surface area contributed by atoms with Gasteiger partial charge >= 0.3 is 0 Å². The van der Waals surface area contributed by atoms with Crippen LogP contribution < -0.4 is 5.11 Å². The zero-order valence-corrected chi connectivity index (χ0v) is 21.6. The molecule has 0 spiro atoms. The number of nitrogens with zero attached hydrogens (tertiary/aromatic N) is 1. The Morgan fingerprint density at radius 2 is 1.16 bits per heavy atom. The van der Waals surface area contributed by atoms with Crippen molar-refractivity contribution in [3.63, 3.8) is 0 Å². The van der Waals surface area contributed by atoms with Gasteiger partial charge in [0.15, 0.2) is 0 Å². The number of quaternary nitrogens is 1. The van der Waals surface area contributed by atoms with Gasteiger partial charge in [-0.1, -0.05) is 96.5 Å². The molecule has 6 nitrogen and oxygen atoms in total. The van der Waals surface area contributed by atoms with Gasteiger partial charge in [-0.15, -0.1) is 0 Å². The van der Waals surface area contributed by atoms with Crippen LogP contribution in [0.4, 0.5) is 0 Å². The summed E-state index contributed by atoms with van der Waals surface area (Å²) in [5.41, 5.74) is 0. The van der Waals surface area contributed by atoms with Crippen LogP contribution in [0, 0.1) is 0 Å². The van der Waals surface area contributed by atoms with Crippen LogP contribution in [0.2, 0.25) is 0 Å². The Hall–Kier alpha value is -0.920. The van der Waals surface area contributed by atoms with Gasteiger partial charge in [0.2, 0.25) is 0 Å². The first-order valence-corrected chi connectivity index (χ1v) is 13.9. The third-order valence-corrected chi connectivity index (χ3v) is 5.12. The number of allylic oxidation sites excluding steroid dienone is 1. The molecule has 1 N–H and O–H groups in total. The first-order chi connectivity index (χ1) is 14.4. The van der Waals surface area contributed by atoms with Crippen molar-refractivity contribution >= 4 is 16.1 Å². The van der Waals surface area contributed by atoms with E-state index < -0.39 is 22.1 Å². The quantitative estimate of drug-likeness (QED) is 0.137. The zero-order chi connectivity index (χ0) is 24.2. The average Bonchev–Trinajstić information content (AvgIpc) is 2.61. The van der Waals surface area contributed by atoms with Crippen molar-refractivity contribution in [1.29, 1.82) is 0 Å². The van der Waals surface area contributed by atoms with Crippen LogP contribution >= 0.6 is 0 Å². The van der Waals surface area contributed by atoms with Crippen LogP contribution in [-0.2, 0) is 14.9 Å². The van der Waals surface area contributed by atoms with E-state index in [0.717, 1.165) is 12.8 Å². The topological polar surface area (TPSA) is 94.5 Å². The minimum atomic E-state index is -3.67. The average molecular weight is 464 g/mol. The van der Waals surface area contributed by atoms with E-state index in [4.69, 9.17) is 4.55 Å². The monoisotopic (exact) mass is 463 g/mol. The van der Waals surface area contributed by atoms with E-state index in [-0.39, 0.29) is 0 Å². The Bertz CT molecular complexity index is 545. The van der Waals surface area contributed by atoms with Crippen LogP contribution in [0.3, 0.4) is 0 Å². The van der Waals surface area contributed by atoms with E-state index in [1.54, 1.807) is 6.08 Å². The lowest BCUT2D eigenvalue weighted by molar-refractivity contribution is -0.882. The fourth-order valence-electron chi connectivity index (χ4n) is 3.33. The Morgan fingerprint density at radius 1 is 0.839 bits per heavy atom. The fourth-order valence-corrected chi connectivity index (χ4v) is 3.33. The predicted molar refractivity (Wildman–Crippen MR) is 128 cm³/mol. The Balaban J connectivity index is 0. The van der Waals surface area contributed by atoms with Gasteiger partial charge in [0.1, 0.15) is 12.0 Å². The number of aliphatic carboxylic acids is 1. The number of hydrogen-bond acceptors (Lipinski definition) is 4. The SMILES string of the molecule is CCCCCCCCCCCCCCCCC=CC(C(=O)[O-])[N+](C)(C)C.CS(=O)(=O)O. The molecule has 0 aliphatic heterocycles. The third kappa shape index (κ3) is 29.1. The summed E-state index contributed by atoms with van der Waals surface area (Å²) in [4.78, 5) is 11.2. The molecule has 1 atom stereocenters. The standard InChI is InChI=1S/C23H45NO2.CH4O3S/c1-5-6-7-8-9-10-11-12-13-14-15-16-17-18-19-20-21-22(23(25)26)24(2,3)4;1-5(2,3)4/h20-22H,5-19H2,1-4H3;1H3,(H,2,3,4). The van der Waals surface area contributed by atoms with Gasteiger partial charge in [0, 0.05) is 0 Å². The van der Waals surface area contributed by atoms with Gasteiger partial charge in [-0.3, -0.25) is 4.55 Å². The van der Waals surface area contributed by atoms with E-state index in [1.165, 1.54) is 83.5 Å². The maximum Gasteiger partial charge on any atom is 0.261 e. The van der Waals surface area contributed by atoms with E-state index in [9.17, 15) is 18.3 Å². The number of carboxylic acids is 1. The molecule has 0 aliphatic carbocycles. The first kappa shape index (κ1) is 32.3. The Kier molecular flexibility index (Phi) is 20.5. The van der Waals surface area contributed by atoms with Crippen LogP contribution in [0.1, 0.15) is 103 Å². The van der Waals surface area contributed by atoms with E-state index in [0.29, 0.717) is 10.7 Å². The highest BCUT2D eigenvalue weighted by Gasteiger charge is 2.21. The summed E-state index contributed by atoms with van der Waals surface area (Å²) in [5, 5.41) is 11.2. The minimum Gasteiger partial charge on any atom is -0.544 e. The summed E-state index contributed by atoms with van der Waals surface area (Å²) in [7, 11) is 1.99. The van der Waals surface area contributed by atoms with Gasteiger partial charge in [0.25, 0.3) is 10.1 Å². The van der Waals surface area contributed by atoms with Crippen molar-refractivity contribution in [2.45, 2.75) is 109 Å². The molecule has 31 heavy (non-hydrogen) atoms. The summed E-state index contributed by atoms with van der Waals surface area (Å²) < 4.78 is 26.2. The summed E-state index contributed by atoms with van der Waals surface area (Å²) in [5.74, 6) is -0.991. The van der Waals surface area contributed by atoms with Crippen molar-refractivity contribution in [3.05, 3.63) is 12.2 Å². The Labute approximate surface area is 192 Å². The maximum absolute atomic E-state index is 11.2. The lowest BCUT2D eigenvalue weighted by Crippen LogP contribution is -2.53. The van der Waals surface area contributed by atoms with Crippen molar-refractivity contribution in [1.82, 2.24) is 0 Å². The van der Waals surface area contributed by atoms with Crippen LogP contribution in [0.15, 0.2) is 12.2 Å². The third-order valence-electron chi connectivity index (χ3n) is 5.12. The minimum absolute atomic E-state index is 0.373. The van der Waals surface area contributed by atoms with Crippen molar-refractivity contribution in [2.24, 2.45) is 0 Å². The maximum atomic E-state index is 11.2. The van der Waals surface area contributed by atoms with Crippen LogP contribution in [0.25, 0.3) is 0 Å². The van der Waals surface area contributed by atoms with Crippen LogP contribution in [-0.4, -0.2) is 56.9 Å². The van der Waals surface area contributed by atoms with E-state index in [2.05, 4.69) is 6.92 Å². The van der Waals surface area contributed by atoms with Gasteiger partial charge < -0.3 is 14.4 Å². The second-order valence-corrected chi connectivity index (χ2v) is 10.9. The number of likely N-dealkylation sites (N-methyl/N-ethyl adjacent to an activating group) is 1. The molecule has 0 rings (SSSR count). The Morgan fingerprint density at radius 3 is 1.45 bits per heavy atom. The van der Waals surface area contributed by atoms with E-state index >= 15 is 0 Å². The zero-order valence-electron chi connectivity index (χ0n) is 20.8. The molecule has 0 heterocycles. The molecule has 0 aromatic heterocycles. The second-order valence-electron chi connectivity index (χ2n) is 9.43. The number of rotatable bonds is 18. The fraction of sp³-hybridized carbons (Fsp3) is 0.875. The molecule has 0 aromatic rings. The molecule has 7 heteroatoms. The molecule has 0 aromatic carbocycles. The molecular formula is C24H49NO5S. The molecule has 0 saturated heterocycles. The largest absolute Gasteiger partial charge is 0.544 e. The predicted octanol–water partition coefficient (Wildman–Crippen LogP) is 4.74. The molecule has 1 unspecified atom stereocenters. The van der Waals surface area contributed by atoms with Crippen LogP contribution in [0.5, 0.6) is 0 Å². The molecular weight excluding hydrogens is 414 g/mol. The van der Waals surface area contributed by atoms with Gasteiger partial charge in [-0.25, -0.2) is 0 Å². The van der Waals surface area contributed by atoms with Crippen molar-refractivity contribution in [2.75, 3.05) is 27.4 Å². The molecule has 0 fully saturated rings. The summed E-state index contributed by atoms with van der Waals surface area (Å²) in [6, 6.07) is -0.554. The lowest BCUT2D eigenvalue weighted by atomic mass is 10.0. The van der Waals surface area contributed by atoms with Crippen molar-refractivity contribution < 1.29 is 27.4 Å². The highest BCUT2D eigenvalue weighted by Crippen LogP contribution is 2.13. The van der Waals surface area contributed by atoms with Gasteiger partial charge in [-0.05, 0) is 18.9 Å². The molecule has 0 bridgehead atoms. The van der Waals surface area contributed by atoms with Gasteiger partial charge in [0.05, 0.1) is 27.4 Å². The number of carbonyl (C=O) groups excluding carboxylic acids is 1. The molecule has 0 saturated carbocycles. The lowest BCUT2D eigenvalue weighted by Gasteiger charge is -2.32. The van der Waals surface area contributed by atoms with E-state index in [1.807, 2.05) is 27.2 Å². The molecule has 186 valence electrons. The number of carboxylic acid groups (broad SMARTS) is 1. The summed E-state index contributed by atoms with van der Waals surface area (Å²) in [6.07, 6.45) is 24.6. The molecule has 0 radical (unpaired) electrons. The normalized spacial score (nSPS) is 13.1. The smallest absolute Gasteiger partial charge is 0.261 e. The highest BCUT2D eigenvalue weighted by atomic mass is 32.2. The number of carbonyl (C=O) groups is 1. The first-order valence-electron chi connectivity index (χ1n) is 12.0. The molecule has 0 aliphatic rings.